The molecule has 2 aromatic rings. The molecule has 2 heteroatoms. The van der Waals surface area contributed by atoms with Crippen LogP contribution in [0.25, 0.3) is 0 Å². The number of fused-ring (bicyclic) bond motifs is 2. The summed E-state index contributed by atoms with van der Waals surface area (Å²) >= 11 is 0. The Morgan fingerprint density at radius 1 is 0.750 bits per heavy atom. The molecule has 0 aromatic heterocycles. The van der Waals surface area contributed by atoms with Gasteiger partial charge in [0.15, 0.2) is 11.6 Å². The van der Waals surface area contributed by atoms with Gasteiger partial charge in [-0.3, -0.25) is 9.59 Å². The highest BCUT2D eigenvalue weighted by atomic mass is 16.1. The van der Waals surface area contributed by atoms with Crippen molar-refractivity contribution in [3.05, 3.63) is 70.8 Å². The molecular formula is C14H6O2. The van der Waals surface area contributed by atoms with Gasteiger partial charge in [0, 0.05) is 22.3 Å². The molecule has 0 fully saturated rings. The van der Waals surface area contributed by atoms with Crippen LogP contribution in [0, 0.1) is 12.1 Å². The van der Waals surface area contributed by atoms with E-state index in [9.17, 15) is 9.59 Å². The molecule has 1 aliphatic rings. The van der Waals surface area contributed by atoms with Gasteiger partial charge in [-0.05, 0) is 12.1 Å². The van der Waals surface area contributed by atoms with Crippen LogP contribution in [0.1, 0.15) is 31.8 Å². The fraction of sp³-hybridized carbons (Fsp3) is 0. The molecular weight excluding hydrogens is 200 g/mol. The smallest absolute Gasteiger partial charge is 0.195 e. The van der Waals surface area contributed by atoms with Crippen LogP contribution in [-0.4, -0.2) is 11.6 Å². The Labute approximate surface area is 92.5 Å². The van der Waals surface area contributed by atoms with Crippen molar-refractivity contribution in [2.24, 2.45) is 0 Å². The van der Waals surface area contributed by atoms with Crippen molar-refractivity contribution in [1.82, 2.24) is 0 Å². The van der Waals surface area contributed by atoms with Crippen LogP contribution < -0.4 is 0 Å². The van der Waals surface area contributed by atoms with Crippen LogP contribution >= 0.6 is 0 Å². The summed E-state index contributed by atoms with van der Waals surface area (Å²) in [5.41, 5.74) is 1.56. The van der Waals surface area contributed by atoms with Crippen molar-refractivity contribution in [2.45, 2.75) is 0 Å². The maximum absolute atomic E-state index is 12.1. The molecule has 0 atom stereocenters. The molecule has 1 aliphatic carbocycles. The topological polar surface area (TPSA) is 34.1 Å². The summed E-state index contributed by atoms with van der Waals surface area (Å²) in [5, 5.41) is 0. The van der Waals surface area contributed by atoms with Crippen molar-refractivity contribution in [3.8, 4) is 0 Å². The molecule has 0 bridgehead atoms. The molecule has 2 nitrogen and oxygen atoms in total. The summed E-state index contributed by atoms with van der Waals surface area (Å²) in [5.74, 6) is -0.302. The van der Waals surface area contributed by atoms with Crippen molar-refractivity contribution in [3.63, 3.8) is 0 Å². The standard InChI is InChI=1S/C14H6O2/c15-13-9-5-1-2-6-10(9)14(16)12-8-4-3-7-11(12)13/h1-5,8H. The van der Waals surface area contributed by atoms with Gasteiger partial charge in [-0.15, -0.1) is 0 Å². The first-order chi connectivity index (χ1) is 7.79. The van der Waals surface area contributed by atoms with E-state index in [0.29, 0.717) is 22.3 Å². The Bertz CT molecular complexity index is 506. The third-order valence-corrected chi connectivity index (χ3v) is 2.66. The van der Waals surface area contributed by atoms with Gasteiger partial charge in [0.05, 0.1) is 0 Å². The average molecular weight is 206 g/mol. The minimum atomic E-state index is -0.151. The summed E-state index contributed by atoms with van der Waals surface area (Å²) in [6, 6.07) is 15.6. The number of hydrogen-bond donors (Lipinski definition) is 0. The van der Waals surface area contributed by atoms with Gasteiger partial charge in [0.25, 0.3) is 0 Å². The Morgan fingerprint density at radius 2 is 1.19 bits per heavy atom. The second-order valence-electron chi connectivity index (χ2n) is 3.58. The second-order valence-corrected chi connectivity index (χ2v) is 3.58. The van der Waals surface area contributed by atoms with Gasteiger partial charge in [-0.2, -0.15) is 0 Å². The van der Waals surface area contributed by atoms with E-state index >= 15 is 0 Å². The van der Waals surface area contributed by atoms with Gasteiger partial charge in [-0.1, -0.05) is 36.4 Å². The summed E-state index contributed by atoms with van der Waals surface area (Å²) in [6.45, 7) is 0. The van der Waals surface area contributed by atoms with Crippen molar-refractivity contribution in [1.29, 1.82) is 0 Å². The average Bonchev–Trinajstić information content (AvgIpc) is 2.36. The maximum Gasteiger partial charge on any atom is 0.195 e. The highest BCUT2D eigenvalue weighted by molar-refractivity contribution is 6.28. The monoisotopic (exact) mass is 206 g/mol. The first-order valence-corrected chi connectivity index (χ1v) is 4.90. The van der Waals surface area contributed by atoms with Gasteiger partial charge >= 0.3 is 0 Å². The van der Waals surface area contributed by atoms with Crippen LogP contribution in [0.2, 0.25) is 0 Å². The zero-order valence-corrected chi connectivity index (χ0v) is 8.28. The van der Waals surface area contributed by atoms with E-state index in [1.807, 2.05) is 0 Å². The number of carbonyl (C=O) groups is 2. The fourth-order valence-corrected chi connectivity index (χ4v) is 1.90. The molecule has 3 rings (SSSR count). The molecule has 2 aromatic carbocycles. The van der Waals surface area contributed by atoms with E-state index in [1.54, 1.807) is 36.4 Å². The lowest BCUT2D eigenvalue weighted by atomic mass is 9.84. The maximum atomic E-state index is 12.1. The molecule has 0 spiro atoms. The van der Waals surface area contributed by atoms with Gasteiger partial charge < -0.3 is 0 Å². The zero-order valence-electron chi connectivity index (χ0n) is 8.28. The lowest BCUT2D eigenvalue weighted by molar-refractivity contribution is 0.0978. The number of ketones is 2. The predicted octanol–water partition coefficient (Wildman–Crippen LogP) is 2.06. The summed E-state index contributed by atoms with van der Waals surface area (Å²) in [7, 11) is 0. The molecule has 0 saturated carbocycles. The third kappa shape index (κ3) is 1.07. The summed E-state index contributed by atoms with van der Waals surface area (Å²) in [6.07, 6.45) is 0. The molecule has 16 heavy (non-hydrogen) atoms. The Hall–Kier alpha value is -2.22. The molecule has 0 aliphatic heterocycles. The Kier molecular flexibility index (Phi) is 1.77. The number of carbonyl (C=O) groups excluding carboxylic acids is 2. The van der Waals surface area contributed by atoms with E-state index in [4.69, 9.17) is 0 Å². The minimum absolute atomic E-state index is 0.151. The predicted molar refractivity (Wildman–Crippen MR) is 57.4 cm³/mol. The molecule has 0 unspecified atom stereocenters. The van der Waals surface area contributed by atoms with Crippen LogP contribution in [0.15, 0.2) is 36.4 Å². The lowest BCUT2D eigenvalue weighted by Crippen LogP contribution is -2.20. The van der Waals surface area contributed by atoms with Crippen molar-refractivity contribution >= 4 is 11.6 Å². The lowest BCUT2D eigenvalue weighted by Gasteiger charge is -2.15. The molecule has 2 radical (unpaired) electrons. The van der Waals surface area contributed by atoms with E-state index < -0.39 is 0 Å². The molecule has 0 N–H and O–H groups in total. The largest absolute Gasteiger partial charge is 0.289 e. The van der Waals surface area contributed by atoms with Crippen molar-refractivity contribution in [2.75, 3.05) is 0 Å². The number of hydrogen-bond acceptors (Lipinski definition) is 2. The molecule has 0 heterocycles. The van der Waals surface area contributed by atoms with Crippen molar-refractivity contribution < 1.29 is 9.59 Å². The van der Waals surface area contributed by atoms with Crippen LogP contribution in [0.4, 0.5) is 0 Å². The highest BCUT2D eigenvalue weighted by Crippen LogP contribution is 2.25. The van der Waals surface area contributed by atoms with E-state index in [1.165, 1.54) is 0 Å². The number of rotatable bonds is 0. The van der Waals surface area contributed by atoms with E-state index in [0.717, 1.165) is 0 Å². The summed E-state index contributed by atoms with van der Waals surface area (Å²) < 4.78 is 0. The minimum Gasteiger partial charge on any atom is -0.289 e. The van der Waals surface area contributed by atoms with Gasteiger partial charge in [-0.25, -0.2) is 0 Å². The molecule has 0 amide bonds. The fourth-order valence-electron chi connectivity index (χ4n) is 1.90. The van der Waals surface area contributed by atoms with Crippen LogP contribution in [0.3, 0.4) is 0 Å². The summed E-state index contributed by atoms with van der Waals surface area (Å²) in [4.78, 5) is 24.1. The van der Waals surface area contributed by atoms with Gasteiger partial charge in [0.2, 0.25) is 0 Å². The number of benzene rings is 2. The first kappa shape index (κ1) is 9.04. The third-order valence-electron chi connectivity index (χ3n) is 2.66. The van der Waals surface area contributed by atoms with E-state index in [2.05, 4.69) is 12.1 Å². The SMILES string of the molecule is O=C1c2[c]cccc2C(=O)c2[c]cccc21. The molecule has 74 valence electrons. The van der Waals surface area contributed by atoms with Gasteiger partial charge in [0.1, 0.15) is 0 Å². The van der Waals surface area contributed by atoms with Crippen LogP contribution in [-0.2, 0) is 0 Å². The second kappa shape index (κ2) is 3.14. The normalized spacial score (nSPS) is 13.2. The molecule has 0 saturated heterocycles. The van der Waals surface area contributed by atoms with E-state index in [-0.39, 0.29) is 11.6 Å². The van der Waals surface area contributed by atoms with Crippen LogP contribution in [0.5, 0.6) is 0 Å². The highest BCUT2D eigenvalue weighted by Gasteiger charge is 2.28. The zero-order chi connectivity index (χ0) is 11.1. The Balaban J connectivity index is 2.35. The quantitative estimate of drug-likeness (QED) is 0.564. The first-order valence-electron chi connectivity index (χ1n) is 4.90. The Morgan fingerprint density at radius 3 is 1.62 bits per heavy atom.